The molecule has 1 aromatic heterocycles. The van der Waals surface area contributed by atoms with Crippen molar-refractivity contribution in [3.8, 4) is 0 Å². The standard InChI is InChI=1S/C22H25BrN4OS/c1-4-20-25-19-11-10-16(23)14-18(19)21(28)27(20)13-12-26(15(2)3)22(29)24-17-8-6-5-7-9-17/h5-11,14-15H,4,12-13H2,1-3H3,(H,24,29). The van der Waals surface area contributed by atoms with Crippen molar-refractivity contribution >= 4 is 49.9 Å². The molecule has 0 amide bonds. The Balaban J connectivity index is 1.85. The second kappa shape index (κ2) is 9.50. The average molecular weight is 473 g/mol. The van der Waals surface area contributed by atoms with E-state index in [-0.39, 0.29) is 11.6 Å². The zero-order chi connectivity index (χ0) is 21.0. The van der Waals surface area contributed by atoms with Crippen LogP contribution >= 0.6 is 28.1 Å². The molecule has 0 aliphatic heterocycles. The van der Waals surface area contributed by atoms with Gasteiger partial charge in [0.1, 0.15) is 5.82 Å². The maximum absolute atomic E-state index is 13.1. The zero-order valence-electron chi connectivity index (χ0n) is 16.9. The number of halogens is 1. The maximum atomic E-state index is 13.1. The van der Waals surface area contributed by atoms with E-state index in [1.54, 1.807) is 4.57 Å². The van der Waals surface area contributed by atoms with Crippen LogP contribution in [-0.4, -0.2) is 32.2 Å². The molecular weight excluding hydrogens is 448 g/mol. The molecule has 0 fully saturated rings. The molecule has 2 aromatic carbocycles. The van der Waals surface area contributed by atoms with E-state index in [0.717, 1.165) is 21.5 Å². The van der Waals surface area contributed by atoms with Crippen LogP contribution in [0.5, 0.6) is 0 Å². The number of thiocarbonyl (C=S) groups is 1. The van der Waals surface area contributed by atoms with Crippen molar-refractivity contribution in [2.45, 2.75) is 39.8 Å². The first-order valence-corrected chi connectivity index (χ1v) is 10.9. The Morgan fingerprint density at radius 2 is 1.97 bits per heavy atom. The lowest BCUT2D eigenvalue weighted by Crippen LogP contribution is -2.43. The van der Waals surface area contributed by atoms with E-state index < -0.39 is 0 Å². The summed E-state index contributed by atoms with van der Waals surface area (Å²) in [5, 5.41) is 4.56. The third-order valence-corrected chi connectivity index (χ3v) is 5.62. The lowest BCUT2D eigenvalue weighted by Gasteiger charge is -2.30. The molecule has 29 heavy (non-hydrogen) atoms. The molecule has 7 heteroatoms. The molecule has 0 radical (unpaired) electrons. The number of benzene rings is 2. The second-order valence-corrected chi connectivity index (χ2v) is 8.39. The number of hydrogen-bond donors (Lipinski definition) is 1. The first kappa shape index (κ1) is 21.5. The average Bonchev–Trinajstić information content (AvgIpc) is 2.70. The van der Waals surface area contributed by atoms with E-state index in [9.17, 15) is 4.79 Å². The van der Waals surface area contributed by atoms with Crippen LogP contribution in [0.15, 0.2) is 57.8 Å². The van der Waals surface area contributed by atoms with Crippen LogP contribution in [0.25, 0.3) is 10.9 Å². The summed E-state index contributed by atoms with van der Waals surface area (Å²) in [5.74, 6) is 0.787. The summed E-state index contributed by atoms with van der Waals surface area (Å²) in [6.45, 7) is 7.35. The highest BCUT2D eigenvalue weighted by atomic mass is 79.9. The van der Waals surface area contributed by atoms with Gasteiger partial charge in [0.25, 0.3) is 5.56 Å². The Labute approximate surface area is 184 Å². The van der Waals surface area contributed by atoms with Crippen LogP contribution in [0.3, 0.4) is 0 Å². The van der Waals surface area contributed by atoms with Crippen molar-refractivity contribution in [1.29, 1.82) is 0 Å². The smallest absolute Gasteiger partial charge is 0.261 e. The lowest BCUT2D eigenvalue weighted by molar-refractivity contribution is 0.334. The Morgan fingerprint density at radius 1 is 1.24 bits per heavy atom. The number of aromatic nitrogens is 2. The molecule has 3 aromatic rings. The van der Waals surface area contributed by atoms with Gasteiger partial charge in [0.05, 0.1) is 10.9 Å². The Bertz CT molecular complexity index is 1070. The minimum atomic E-state index is -0.0150. The molecule has 1 heterocycles. The maximum Gasteiger partial charge on any atom is 0.261 e. The molecule has 152 valence electrons. The molecular formula is C22H25BrN4OS. The van der Waals surface area contributed by atoms with Gasteiger partial charge in [0.2, 0.25) is 0 Å². The molecule has 0 saturated heterocycles. The summed E-state index contributed by atoms with van der Waals surface area (Å²) in [6.07, 6.45) is 0.690. The Hall–Kier alpha value is -2.25. The SMILES string of the molecule is CCc1nc2ccc(Br)cc2c(=O)n1CCN(C(=S)Nc1ccccc1)C(C)C. The normalized spacial score (nSPS) is 11.1. The summed E-state index contributed by atoms with van der Waals surface area (Å²) < 4.78 is 2.65. The molecule has 0 bridgehead atoms. The van der Waals surface area contributed by atoms with Crippen LogP contribution in [0, 0.1) is 0 Å². The number of hydrogen-bond acceptors (Lipinski definition) is 3. The number of anilines is 1. The van der Waals surface area contributed by atoms with Crippen molar-refractivity contribution in [2.75, 3.05) is 11.9 Å². The summed E-state index contributed by atoms with van der Waals surface area (Å²) >= 11 is 9.09. The number of fused-ring (bicyclic) bond motifs is 1. The van der Waals surface area contributed by atoms with Gasteiger partial charge in [0.15, 0.2) is 5.11 Å². The number of para-hydroxylation sites is 1. The molecule has 0 unspecified atom stereocenters. The van der Waals surface area contributed by atoms with Crippen molar-refractivity contribution in [2.24, 2.45) is 0 Å². The largest absolute Gasteiger partial charge is 0.345 e. The fourth-order valence-electron chi connectivity index (χ4n) is 3.26. The van der Waals surface area contributed by atoms with Crippen LogP contribution in [-0.2, 0) is 13.0 Å². The topological polar surface area (TPSA) is 50.2 Å². The van der Waals surface area contributed by atoms with E-state index >= 15 is 0 Å². The van der Waals surface area contributed by atoms with Crippen molar-refractivity contribution in [3.63, 3.8) is 0 Å². The van der Waals surface area contributed by atoms with E-state index in [2.05, 4.69) is 40.0 Å². The highest BCUT2D eigenvalue weighted by Crippen LogP contribution is 2.16. The van der Waals surface area contributed by atoms with E-state index in [4.69, 9.17) is 17.2 Å². The zero-order valence-corrected chi connectivity index (χ0v) is 19.3. The predicted octanol–water partition coefficient (Wildman–Crippen LogP) is 4.83. The van der Waals surface area contributed by atoms with E-state index in [0.29, 0.717) is 30.0 Å². The first-order valence-electron chi connectivity index (χ1n) is 9.72. The molecule has 0 saturated carbocycles. The van der Waals surface area contributed by atoms with Crippen LogP contribution in [0.2, 0.25) is 0 Å². The quantitative estimate of drug-likeness (QED) is 0.520. The van der Waals surface area contributed by atoms with Gasteiger partial charge >= 0.3 is 0 Å². The molecule has 5 nitrogen and oxygen atoms in total. The van der Waals surface area contributed by atoms with Gasteiger partial charge in [-0.05, 0) is 56.4 Å². The Kier molecular flexibility index (Phi) is 7.03. The minimum absolute atomic E-state index is 0.0150. The third-order valence-electron chi connectivity index (χ3n) is 4.79. The number of rotatable bonds is 6. The molecule has 0 aliphatic carbocycles. The minimum Gasteiger partial charge on any atom is -0.345 e. The number of nitrogens with one attached hydrogen (secondary N) is 1. The Morgan fingerprint density at radius 3 is 2.62 bits per heavy atom. The van der Waals surface area contributed by atoms with E-state index in [1.165, 1.54) is 0 Å². The lowest BCUT2D eigenvalue weighted by atomic mass is 10.2. The molecule has 0 aliphatic rings. The molecule has 0 atom stereocenters. The van der Waals surface area contributed by atoms with Crippen molar-refractivity contribution < 1.29 is 0 Å². The highest BCUT2D eigenvalue weighted by Gasteiger charge is 2.16. The molecule has 0 spiro atoms. The monoisotopic (exact) mass is 472 g/mol. The summed E-state index contributed by atoms with van der Waals surface area (Å²) in [6, 6.07) is 15.7. The summed E-state index contributed by atoms with van der Waals surface area (Å²) in [4.78, 5) is 19.9. The number of aryl methyl sites for hydroxylation is 1. The number of nitrogens with zero attached hydrogens (tertiary/aromatic N) is 3. The second-order valence-electron chi connectivity index (χ2n) is 7.08. The highest BCUT2D eigenvalue weighted by molar-refractivity contribution is 9.10. The third kappa shape index (κ3) is 5.03. The summed E-state index contributed by atoms with van der Waals surface area (Å²) in [5.41, 5.74) is 1.67. The van der Waals surface area contributed by atoms with Gasteiger partial charge in [-0.2, -0.15) is 0 Å². The van der Waals surface area contributed by atoms with Gasteiger partial charge in [-0.25, -0.2) is 4.98 Å². The van der Waals surface area contributed by atoms with Gasteiger partial charge in [-0.1, -0.05) is 41.1 Å². The van der Waals surface area contributed by atoms with E-state index in [1.807, 2.05) is 55.5 Å². The van der Waals surface area contributed by atoms with Gasteiger partial charge in [-0.15, -0.1) is 0 Å². The van der Waals surface area contributed by atoms with Crippen LogP contribution < -0.4 is 10.9 Å². The van der Waals surface area contributed by atoms with Crippen LogP contribution in [0.4, 0.5) is 5.69 Å². The van der Waals surface area contributed by atoms with Gasteiger partial charge < -0.3 is 10.2 Å². The van der Waals surface area contributed by atoms with Gasteiger partial charge in [-0.3, -0.25) is 9.36 Å². The predicted molar refractivity (Wildman–Crippen MR) is 128 cm³/mol. The van der Waals surface area contributed by atoms with Gasteiger partial charge in [0, 0.05) is 35.7 Å². The molecule has 1 N–H and O–H groups in total. The first-order chi connectivity index (χ1) is 13.9. The molecule has 3 rings (SSSR count). The summed E-state index contributed by atoms with van der Waals surface area (Å²) in [7, 11) is 0. The van der Waals surface area contributed by atoms with Crippen LogP contribution in [0.1, 0.15) is 26.6 Å². The fourth-order valence-corrected chi connectivity index (χ4v) is 4.04. The fraction of sp³-hybridized carbons (Fsp3) is 0.318. The van der Waals surface area contributed by atoms with Crippen molar-refractivity contribution in [3.05, 3.63) is 69.2 Å². The van der Waals surface area contributed by atoms with Crippen molar-refractivity contribution in [1.82, 2.24) is 14.5 Å².